The summed E-state index contributed by atoms with van der Waals surface area (Å²) >= 11 is 1.54. The van der Waals surface area contributed by atoms with Gasteiger partial charge in [0.25, 0.3) is 5.91 Å². The van der Waals surface area contributed by atoms with Gasteiger partial charge >= 0.3 is 5.69 Å². The minimum Gasteiger partial charge on any atom is -0.339 e. The number of hydrogen-bond acceptors (Lipinski definition) is 4. The maximum absolute atomic E-state index is 12.4. The van der Waals surface area contributed by atoms with Gasteiger partial charge in [0.15, 0.2) is 5.16 Å². The Morgan fingerprint density at radius 2 is 1.96 bits per heavy atom. The highest BCUT2D eigenvalue weighted by atomic mass is 32.2. The van der Waals surface area contributed by atoms with E-state index >= 15 is 0 Å². The summed E-state index contributed by atoms with van der Waals surface area (Å²) in [4.78, 5) is 26.1. The molecule has 0 spiro atoms. The van der Waals surface area contributed by atoms with E-state index in [1.54, 1.807) is 4.57 Å². The predicted molar refractivity (Wildman–Crippen MR) is 98.9 cm³/mol. The SMILES string of the molecule is CCCCn1c(SCc2ccc(C(=O)N3CCCC3)cc2)n[nH]c1=O. The van der Waals surface area contributed by atoms with Crippen LogP contribution >= 0.6 is 11.8 Å². The molecule has 2 heterocycles. The van der Waals surface area contributed by atoms with Crippen molar-refractivity contribution >= 4 is 17.7 Å². The highest BCUT2D eigenvalue weighted by Gasteiger charge is 2.19. The van der Waals surface area contributed by atoms with Gasteiger partial charge in [0, 0.05) is 31.0 Å². The molecule has 0 radical (unpaired) electrons. The fourth-order valence-electron chi connectivity index (χ4n) is 2.92. The number of nitrogens with zero attached hydrogens (tertiary/aromatic N) is 3. The molecule has 1 aliphatic heterocycles. The number of aromatic nitrogens is 3. The number of hydrogen-bond donors (Lipinski definition) is 1. The molecule has 3 rings (SSSR count). The molecule has 0 unspecified atom stereocenters. The van der Waals surface area contributed by atoms with Gasteiger partial charge in [-0.05, 0) is 37.0 Å². The van der Waals surface area contributed by atoms with Crippen LogP contribution in [0, 0.1) is 0 Å². The van der Waals surface area contributed by atoms with Crippen molar-refractivity contribution in [2.75, 3.05) is 13.1 Å². The Hall–Kier alpha value is -2.02. The fourth-order valence-corrected chi connectivity index (χ4v) is 3.85. The van der Waals surface area contributed by atoms with Crippen molar-refractivity contribution in [3.8, 4) is 0 Å². The molecule has 2 aromatic rings. The smallest absolute Gasteiger partial charge is 0.339 e. The van der Waals surface area contributed by atoms with Gasteiger partial charge in [-0.25, -0.2) is 9.89 Å². The topological polar surface area (TPSA) is 71.0 Å². The van der Waals surface area contributed by atoms with E-state index in [4.69, 9.17) is 0 Å². The summed E-state index contributed by atoms with van der Waals surface area (Å²) in [5.41, 5.74) is 1.71. The van der Waals surface area contributed by atoms with E-state index in [0.717, 1.165) is 55.1 Å². The molecule has 0 saturated carbocycles. The van der Waals surface area contributed by atoms with Crippen molar-refractivity contribution in [1.29, 1.82) is 0 Å². The van der Waals surface area contributed by atoms with E-state index in [1.807, 2.05) is 29.2 Å². The van der Waals surface area contributed by atoms with Gasteiger partial charge in [0.2, 0.25) is 0 Å². The zero-order valence-corrected chi connectivity index (χ0v) is 15.3. The second kappa shape index (κ2) is 8.38. The van der Waals surface area contributed by atoms with Crippen LogP contribution in [0.3, 0.4) is 0 Å². The first-order chi connectivity index (χ1) is 12.2. The average molecular weight is 360 g/mol. The van der Waals surface area contributed by atoms with E-state index in [2.05, 4.69) is 17.1 Å². The van der Waals surface area contributed by atoms with Crippen LogP contribution in [0.4, 0.5) is 0 Å². The summed E-state index contributed by atoms with van der Waals surface area (Å²) in [5, 5.41) is 7.35. The Labute approximate surface area is 151 Å². The van der Waals surface area contributed by atoms with Crippen LogP contribution in [-0.2, 0) is 12.3 Å². The zero-order chi connectivity index (χ0) is 17.6. The molecule has 1 aromatic carbocycles. The lowest BCUT2D eigenvalue weighted by molar-refractivity contribution is 0.0793. The molecule has 0 atom stereocenters. The lowest BCUT2D eigenvalue weighted by atomic mass is 10.1. The number of H-pyrrole nitrogens is 1. The third-order valence-electron chi connectivity index (χ3n) is 4.42. The Bertz CT molecular complexity index is 760. The zero-order valence-electron chi connectivity index (χ0n) is 14.5. The Balaban J connectivity index is 1.60. The maximum atomic E-state index is 12.4. The maximum Gasteiger partial charge on any atom is 0.343 e. The van der Waals surface area contributed by atoms with E-state index in [-0.39, 0.29) is 11.6 Å². The van der Waals surface area contributed by atoms with E-state index < -0.39 is 0 Å². The number of benzene rings is 1. The molecule has 6 nitrogen and oxygen atoms in total. The van der Waals surface area contributed by atoms with Gasteiger partial charge in [0.05, 0.1) is 0 Å². The van der Waals surface area contributed by atoms with Gasteiger partial charge in [-0.3, -0.25) is 9.36 Å². The van der Waals surface area contributed by atoms with E-state index in [0.29, 0.717) is 12.3 Å². The number of nitrogens with one attached hydrogen (secondary N) is 1. The Morgan fingerprint density at radius 1 is 1.24 bits per heavy atom. The summed E-state index contributed by atoms with van der Waals surface area (Å²) in [5.74, 6) is 0.839. The first-order valence-corrected chi connectivity index (χ1v) is 9.84. The van der Waals surface area contributed by atoms with E-state index in [9.17, 15) is 9.59 Å². The molecule has 1 aromatic heterocycles. The first kappa shape index (κ1) is 17.8. The molecule has 1 aliphatic rings. The molecule has 1 fully saturated rings. The number of unbranched alkanes of at least 4 members (excludes halogenated alkanes) is 1. The van der Waals surface area contributed by atoms with Crippen LogP contribution in [0.25, 0.3) is 0 Å². The quantitative estimate of drug-likeness (QED) is 0.771. The standard InChI is InChI=1S/C18H24N4O2S/c1-2-3-12-22-17(24)19-20-18(22)25-13-14-6-8-15(9-7-14)16(23)21-10-4-5-11-21/h6-9H,2-5,10-13H2,1H3,(H,19,24). The van der Waals surface area contributed by atoms with Crippen LogP contribution in [-0.4, -0.2) is 38.7 Å². The van der Waals surface area contributed by atoms with Crippen molar-refractivity contribution < 1.29 is 4.79 Å². The normalized spacial score (nSPS) is 14.2. The van der Waals surface area contributed by atoms with Crippen molar-refractivity contribution in [2.45, 2.75) is 50.1 Å². The molecule has 1 saturated heterocycles. The van der Waals surface area contributed by atoms with Gasteiger partial charge in [-0.1, -0.05) is 37.2 Å². The van der Waals surface area contributed by atoms with Crippen LogP contribution in [0.5, 0.6) is 0 Å². The first-order valence-electron chi connectivity index (χ1n) is 8.85. The number of carbonyl (C=O) groups is 1. The lowest BCUT2D eigenvalue weighted by Gasteiger charge is -2.15. The highest BCUT2D eigenvalue weighted by molar-refractivity contribution is 7.98. The molecule has 25 heavy (non-hydrogen) atoms. The minimum absolute atomic E-state index is 0.123. The van der Waals surface area contributed by atoms with Crippen LogP contribution in [0.2, 0.25) is 0 Å². The van der Waals surface area contributed by atoms with Gasteiger partial charge in [0.1, 0.15) is 0 Å². The molecular formula is C18H24N4O2S. The summed E-state index contributed by atoms with van der Waals surface area (Å²) in [6.45, 7) is 4.52. The van der Waals surface area contributed by atoms with Crippen molar-refractivity contribution in [3.63, 3.8) is 0 Å². The molecule has 7 heteroatoms. The summed E-state index contributed by atoms with van der Waals surface area (Å²) in [7, 11) is 0. The van der Waals surface area contributed by atoms with Crippen LogP contribution in [0.15, 0.2) is 34.2 Å². The Kier molecular flexibility index (Phi) is 5.96. The summed E-state index contributed by atoms with van der Waals surface area (Å²) in [6.07, 6.45) is 4.20. The monoisotopic (exact) mass is 360 g/mol. The predicted octanol–water partition coefficient (Wildman–Crippen LogP) is 2.90. The number of carbonyl (C=O) groups excluding carboxylic acids is 1. The second-order valence-corrected chi connectivity index (χ2v) is 7.24. The van der Waals surface area contributed by atoms with Gasteiger partial charge in [-0.2, -0.15) is 0 Å². The molecule has 1 amide bonds. The Morgan fingerprint density at radius 3 is 2.64 bits per heavy atom. The second-order valence-electron chi connectivity index (χ2n) is 6.30. The average Bonchev–Trinajstić information content (AvgIpc) is 3.28. The molecule has 1 N–H and O–H groups in total. The summed E-state index contributed by atoms with van der Waals surface area (Å²) < 4.78 is 1.69. The number of rotatable bonds is 7. The van der Waals surface area contributed by atoms with Gasteiger partial charge in [-0.15, -0.1) is 5.10 Å². The molecule has 0 aliphatic carbocycles. The molecule has 0 bridgehead atoms. The van der Waals surface area contributed by atoms with Gasteiger partial charge < -0.3 is 4.90 Å². The fraction of sp³-hybridized carbons (Fsp3) is 0.500. The van der Waals surface area contributed by atoms with Crippen molar-refractivity contribution in [3.05, 3.63) is 45.9 Å². The third-order valence-corrected chi connectivity index (χ3v) is 5.47. The minimum atomic E-state index is -0.150. The molecule has 134 valence electrons. The number of aromatic amines is 1. The molecular weight excluding hydrogens is 336 g/mol. The largest absolute Gasteiger partial charge is 0.343 e. The number of amides is 1. The third kappa shape index (κ3) is 4.34. The van der Waals surface area contributed by atoms with E-state index in [1.165, 1.54) is 11.8 Å². The highest BCUT2D eigenvalue weighted by Crippen LogP contribution is 2.21. The number of likely N-dealkylation sites (tertiary alicyclic amines) is 1. The van der Waals surface area contributed by atoms with Crippen LogP contribution in [0.1, 0.15) is 48.5 Å². The number of thioether (sulfide) groups is 1. The lowest BCUT2D eigenvalue weighted by Crippen LogP contribution is -2.27. The van der Waals surface area contributed by atoms with Crippen molar-refractivity contribution in [1.82, 2.24) is 19.7 Å². The summed E-state index contributed by atoms with van der Waals surface area (Å²) in [6, 6.07) is 7.76. The van der Waals surface area contributed by atoms with Crippen molar-refractivity contribution in [2.24, 2.45) is 0 Å². The van der Waals surface area contributed by atoms with Crippen LogP contribution < -0.4 is 5.69 Å².